The van der Waals surface area contributed by atoms with Crippen molar-refractivity contribution < 1.29 is 17.9 Å². The van der Waals surface area contributed by atoms with E-state index >= 15 is 0 Å². The summed E-state index contributed by atoms with van der Waals surface area (Å²) in [4.78, 5) is -0.147. The molecule has 3 N–H and O–H groups in total. The van der Waals surface area contributed by atoms with Gasteiger partial charge in [0.15, 0.2) is 0 Å². The molecule has 0 radical (unpaired) electrons. The zero-order chi connectivity index (χ0) is 14.3. The summed E-state index contributed by atoms with van der Waals surface area (Å²) in [5, 5.41) is 9.82. The molecule has 1 aromatic rings. The zero-order valence-corrected chi connectivity index (χ0v) is 11.5. The van der Waals surface area contributed by atoms with Crippen molar-refractivity contribution in [3.05, 3.63) is 24.0 Å². The Morgan fingerprint density at radius 2 is 1.89 bits per heavy atom. The van der Waals surface area contributed by atoms with Gasteiger partial charge in [0, 0.05) is 18.8 Å². The molecule has 1 fully saturated rings. The number of anilines is 1. The van der Waals surface area contributed by atoms with E-state index in [0.29, 0.717) is 12.8 Å². The second kappa shape index (κ2) is 4.73. The van der Waals surface area contributed by atoms with Crippen molar-refractivity contribution in [3.63, 3.8) is 0 Å². The van der Waals surface area contributed by atoms with Crippen molar-refractivity contribution in [1.29, 1.82) is 0 Å². The molecule has 1 aliphatic heterocycles. The third kappa shape index (κ3) is 3.05. The molecule has 1 saturated heterocycles. The minimum absolute atomic E-state index is 0.0718. The van der Waals surface area contributed by atoms with Crippen LogP contribution in [0.25, 0.3) is 0 Å². The highest BCUT2D eigenvalue weighted by Gasteiger charge is 2.34. The number of sulfonamides is 1. The molecule has 106 valence electrons. The molecule has 0 spiro atoms. The molecule has 1 aliphatic rings. The number of benzene rings is 1. The van der Waals surface area contributed by atoms with Crippen molar-refractivity contribution in [3.8, 4) is 0 Å². The Kier molecular flexibility index (Phi) is 3.55. The van der Waals surface area contributed by atoms with E-state index in [9.17, 15) is 17.9 Å². The Labute approximate surface area is 111 Å². The van der Waals surface area contributed by atoms with Crippen molar-refractivity contribution >= 4 is 15.7 Å². The largest absolute Gasteiger partial charge is 0.399 e. The second-order valence-corrected chi connectivity index (χ2v) is 7.06. The monoisotopic (exact) mass is 288 g/mol. The van der Waals surface area contributed by atoms with Gasteiger partial charge in [-0.2, -0.15) is 4.31 Å². The van der Waals surface area contributed by atoms with Gasteiger partial charge in [0.1, 0.15) is 5.82 Å². The first-order valence-corrected chi connectivity index (χ1v) is 7.43. The van der Waals surface area contributed by atoms with E-state index in [1.165, 1.54) is 10.4 Å². The van der Waals surface area contributed by atoms with Crippen LogP contribution in [-0.2, 0) is 10.0 Å². The first-order valence-electron chi connectivity index (χ1n) is 5.99. The van der Waals surface area contributed by atoms with Gasteiger partial charge in [0.2, 0.25) is 10.0 Å². The van der Waals surface area contributed by atoms with Crippen LogP contribution in [-0.4, -0.2) is 36.5 Å². The molecule has 1 heterocycles. The zero-order valence-electron chi connectivity index (χ0n) is 10.6. The Hall–Kier alpha value is -1.18. The number of nitrogens with zero attached hydrogens (tertiary/aromatic N) is 1. The fraction of sp³-hybridized carbons (Fsp3) is 0.500. The number of hydrogen-bond donors (Lipinski definition) is 2. The number of aliphatic hydroxyl groups is 1. The van der Waals surface area contributed by atoms with Gasteiger partial charge >= 0.3 is 0 Å². The van der Waals surface area contributed by atoms with Gasteiger partial charge < -0.3 is 10.8 Å². The first-order chi connectivity index (χ1) is 8.71. The topological polar surface area (TPSA) is 83.6 Å². The number of halogens is 1. The molecule has 0 unspecified atom stereocenters. The Balaban J connectivity index is 2.28. The van der Waals surface area contributed by atoms with Gasteiger partial charge in [-0.05, 0) is 38.0 Å². The van der Waals surface area contributed by atoms with Gasteiger partial charge in [0.25, 0.3) is 0 Å². The number of nitrogens with two attached hydrogens (primary N) is 1. The minimum Gasteiger partial charge on any atom is -0.399 e. The van der Waals surface area contributed by atoms with Crippen molar-refractivity contribution in [2.45, 2.75) is 30.3 Å². The van der Waals surface area contributed by atoms with Crippen LogP contribution in [0.4, 0.5) is 10.1 Å². The molecule has 7 heteroatoms. The summed E-state index contributed by atoms with van der Waals surface area (Å²) in [5.41, 5.74) is 4.70. The molecule has 0 bridgehead atoms. The van der Waals surface area contributed by atoms with Crippen molar-refractivity contribution in [2.75, 3.05) is 18.8 Å². The smallest absolute Gasteiger partial charge is 0.243 e. The predicted molar refractivity (Wildman–Crippen MR) is 69.4 cm³/mol. The molecule has 0 amide bonds. The van der Waals surface area contributed by atoms with Crippen LogP contribution in [0.1, 0.15) is 19.8 Å². The van der Waals surface area contributed by atoms with Gasteiger partial charge in [-0.25, -0.2) is 12.8 Å². The number of piperidine rings is 1. The summed E-state index contributed by atoms with van der Waals surface area (Å²) < 4.78 is 39.1. The molecule has 5 nitrogen and oxygen atoms in total. The van der Waals surface area contributed by atoms with Crippen molar-refractivity contribution in [1.82, 2.24) is 4.31 Å². The molecule has 0 aromatic heterocycles. The van der Waals surface area contributed by atoms with E-state index in [4.69, 9.17) is 5.73 Å². The van der Waals surface area contributed by atoms with Crippen LogP contribution in [0.3, 0.4) is 0 Å². The molecule has 0 aliphatic carbocycles. The number of hydrogen-bond acceptors (Lipinski definition) is 4. The van der Waals surface area contributed by atoms with E-state index in [-0.39, 0.29) is 23.7 Å². The molecular formula is C12H17FN2O3S. The minimum atomic E-state index is -3.75. The molecule has 19 heavy (non-hydrogen) atoms. The number of nitrogen functional groups attached to an aromatic ring is 1. The maximum Gasteiger partial charge on any atom is 0.243 e. The van der Waals surface area contributed by atoms with E-state index in [1.807, 2.05) is 0 Å². The highest BCUT2D eigenvalue weighted by atomic mass is 32.2. The quantitative estimate of drug-likeness (QED) is 0.793. The maximum absolute atomic E-state index is 13.2. The highest BCUT2D eigenvalue weighted by Crippen LogP contribution is 2.27. The van der Waals surface area contributed by atoms with Crippen LogP contribution in [0, 0.1) is 5.82 Å². The number of rotatable bonds is 2. The Morgan fingerprint density at radius 3 is 2.42 bits per heavy atom. The van der Waals surface area contributed by atoms with Gasteiger partial charge in [0.05, 0.1) is 10.5 Å². The average Bonchev–Trinajstić information content (AvgIpc) is 2.27. The third-order valence-electron chi connectivity index (χ3n) is 3.33. The maximum atomic E-state index is 13.2. The lowest BCUT2D eigenvalue weighted by Gasteiger charge is -2.34. The van der Waals surface area contributed by atoms with E-state index in [2.05, 4.69) is 0 Å². The summed E-state index contributed by atoms with van der Waals surface area (Å²) in [6.45, 7) is 2.11. The predicted octanol–water partition coefficient (Wildman–Crippen LogP) is 0.943. The summed E-state index contributed by atoms with van der Waals surface area (Å²) in [5.74, 6) is -0.678. The highest BCUT2D eigenvalue weighted by molar-refractivity contribution is 7.89. The van der Waals surface area contributed by atoms with E-state index in [0.717, 1.165) is 12.1 Å². The van der Waals surface area contributed by atoms with Gasteiger partial charge in [-0.3, -0.25) is 0 Å². The first kappa shape index (κ1) is 14.2. The molecular weight excluding hydrogens is 271 g/mol. The lowest BCUT2D eigenvalue weighted by atomic mass is 9.95. The average molecular weight is 288 g/mol. The lowest BCUT2D eigenvalue weighted by Crippen LogP contribution is -2.45. The second-order valence-electron chi connectivity index (χ2n) is 5.12. The molecule has 0 atom stereocenters. The normalized spacial score (nSPS) is 20.4. The van der Waals surface area contributed by atoms with E-state index in [1.54, 1.807) is 6.92 Å². The fourth-order valence-corrected chi connectivity index (χ4v) is 3.60. The summed E-state index contributed by atoms with van der Waals surface area (Å²) in [6.07, 6.45) is 0.716. The summed E-state index contributed by atoms with van der Waals surface area (Å²) in [7, 11) is -3.75. The lowest BCUT2D eigenvalue weighted by molar-refractivity contribution is 0.0126. The van der Waals surface area contributed by atoms with Crippen molar-refractivity contribution in [2.24, 2.45) is 0 Å². The van der Waals surface area contributed by atoms with Crippen LogP contribution in [0.15, 0.2) is 23.1 Å². The molecule has 0 saturated carbocycles. The summed E-state index contributed by atoms with van der Waals surface area (Å²) in [6, 6.07) is 3.27. The summed E-state index contributed by atoms with van der Waals surface area (Å²) >= 11 is 0. The SMILES string of the molecule is CC1(O)CCN(S(=O)(=O)c2cc(N)cc(F)c2)CC1. The standard InChI is InChI=1S/C12H17FN2O3S/c1-12(16)2-4-15(5-3-12)19(17,18)11-7-9(13)6-10(14)8-11/h6-8,16H,2-5,14H2,1H3. The van der Waals surface area contributed by atoms with Crippen LogP contribution >= 0.6 is 0 Å². The fourth-order valence-electron chi connectivity index (χ4n) is 2.09. The molecule has 1 aromatic carbocycles. The third-order valence-corrected chi connectivity index (χ3v) is 5.21. The Bertz CT molecular complexity index is 556. The van der Waals surface area contributed by atoms with Crippen LogP contribution in [0.5, 0.6) is 0 Å². The Morgan fingerprint density at radius 1 is 1.32 bits per heavy atom. The van der Waals surface area contributed by atoms with Gasteiger partial charge in [-0.15, -0.1) is 0 Å². The van der Waals surface area contributed by atoms with Crippen LogP contribution < -0.4 is 5.73 Å². The van der Waals surface area contributed by atoms with Gasteiger partial charge in [-0.1, -0.05) is 0 Å². The van der Waals surface area contributed by atoms with E-state index < -0.39 is 21.4 Å². The molecule has 2 rings (SSSR count). The van der Waals surface area contributed by atoms with Crippen LogP contribution in [0.2, 0.25) is 0 Å².